The van der Waals surface area contributed by atoms with Gasteiger partial charge in [0.25, 0.3) is 0 Å². The van der Waals surface area contributed by atoms with E-state index in [2.05, 4.69) is 58.2 Å². The number of nitrogens with zero attached hydrogens (tertiary/aromatic N) is 5. The van der Waals surface area contributed by atoms with E-state index in [0.717, 1.165) is 37.4 Å². The van der Waals surface area contributed by atoms with Gasteiger partial charge in [-0.3, -0.25) is 4.90 Å². The molecule has 37 heavy (non-hydrogen) atoms. The highest BCUT2D eigenvalue weighted by molar-refractivity contribution is 5.90. The number of imidazole rings is 1. The van der Waals surface area contributed by atoms with Gasteiger partial charge in [-0.15, -0.1) is 6.58 Å². The minimum Gasteiger partial charge on any atom is -0.475 e. The Kier molecular flexibility index (Phi) is 7.84. The van der Waals surface area contributed by atoms with Crippen LogP contribution in [-0.2, 0) is 6.54 Å². The van der Waals surface area contributed by atoms with Crippen LogP contribution < -0.4 is 5.32 Å². The molecule has 3 atom stereocenters. The summed E-state index contributed by atoms with van der Waals surface area (Å²) in [5.74, 6) is 2.77. The van der Waals surface area contributed by atoms with Crippen molar-refractivity contribution in [2.24, 2.45) is 23.7 Å². The number of carboxylic acid groups (broad SMARTS) is 1. The highest BCUT2D eigenvalue weighted by Crippen LogP contribution is 2.39. The molecule has 3 fully saturated rings. The summed E-state index contributed by atoms with van der Waals surface area (Å²) in [5.41, 5.74) is 1.39. The number of carboxylic acids is 1. The van der Waals surface area contributed by atoms with Crippen LogP contribution in [-0.4, -0.2) is 54.6 Å². The maximum atomic E-state index is 12.0. The quantitative estimate of drug-likeness (QED) is 0.406. The van der Waals surface area contributed by atoms with Gasteiger partial charge in [-0.2, -0.15) is 0 Å². The molecule has 2 aromatic rings. The Hall–Kier alpha value is -2.48. The van der Waals surface area contributed by atoms with Crippen molar-refractivity contribution >= 4 is 23.0 Å². The molecule has 2 aliphatic carbocycles. The van der Waals surface area contributed by atoms with E-state index in [4.69, 9.17) is 4.98 Å². The van der Waals surface area contributed by atoms with Crippen LogP contribution in [0.5, 0.6) is 0 Å². The van der Waals surface area contributed by atoms with Crippen molar-refractivity contribution in [2.45, 2.75) is 97.2 Å². The Morgan fingerprint density at radius 1 is 1.16 bits per heavy atom. The van der Waals surface area contributed by atoms with Crippen molar-refractivity contribution in [1.82, 2.24) is 24.4 Å². The van der Waals surface area contributed by atoms with Gasteiger partial charge in [0.05, 0.1) is 6.04 Å². The molecule has 2 N–H and O–H groups in total. The molecule has 0 radical (unpaired) electrons. The molecule has 8 nitrogen and oxygen atoms in total. The summed E-state index contributed by atoms with van der Waals surface area (Å²) in [6, 6.07) is 0.433. The molecule has 5 rings (SSSR count). The molecule has 3 unspecified atom stereocenters. The summed E-state index contributed by atoms with van der Waals surface area (Å²) >= 11 is 0. The van der Waals surface area contributed by atoms with Crippen molar-refractivity contribution in [1.29, 1.82) is 0 Å². The van der Waals surface area contributed by atoms with Gasteiger partial charge < -0.3 is 15.0 Å². The van der Waals surface area contributed by atoms with E-state index in [0.29, 0.717) is 35.1 Å². The highest BCUT2D eigenvalue weighted by atomic mass is 16.4. The van der Waals surface area contributed by atoms with Crippen LogP contribution in [0.1, 0.15) is 101 Å². The van der Waals surface area contributed by atoms with E-state index in [1.165, 1.54) is 51.4 Å². The number of anilines is 1. The minimum atomic E-state index is -1.11. The monoisotopic (exact) mass is 508 g/mol. The Morgan fingerprint density at radius 3 is 2.54 bits per heavy atom. The standard InChI is InChI=1S/C29H44N6O2/c1-5-20-10-12-21(13-11-20)17-35-24-25(30-19(4)22-8-7-9-22)31-27(29(36)37)32-26(24)33-28(35)23-16-18(3)14-15-34(23)6-2/h5,18-23H,1,6-17H2,2-4H3,(H,36,37)(H,30,31,32). The molecule has 0 amide bonds. The second kappa shape index (κ2) is 11.1. The number of allylic oxidation sites excluding steroid dienone is 1. The Morgan fingerprint density at radius 2 is 1.92 bits per heavy atom. The van der Waals surface area contributed by atoms with Crippen molar-refractivity contribution in [3.63, 3.8) is 0 Å². The number of piperidine rings is 1. The number of carbonyl (C=O) groups is 1. The number of hydrogen-bond acceptors (Lipinski definition) is 6. The molecule has 1 saturated heterocycles. The van der Waals surface area contributed by atoms with E-state index >= 15 is 0 Å². The van der Waals surface area contributed by atoms with Gasteiger partial charge in [-0.25, -0.2) is 19.7 Å². The van der Waals surface area contributed by atoms with Crippen LogP contribution in [0.25, 0.3) is 11.2 Å². The maximum absolute atomic E-state index is 12.0. The number of rotatable bonds is 9. The Balaban J connectivity index is 1.60. The van der Waals surface area contributed by atoms with Gasteiger partial charge in [0.2, 0.25) is 5.82 Å². The van der Waals surface area contributed by atoms with Crippen LogP contribution in [0, 0.1) is 23.7 Å². The zero-order chi connectivity index (χ0) is 26.1. The first kappa shape index (κ1) is 26.1. The minimum absolute atomic E-state index is 0.178. The predicted molar refractivity (Wildman–Crippen MR) is 147 cm³/mol. The van der Waals surface area contributed by atoms with Gasteiger partial charge >= 0.3 is 5.97 Å². The number of aromatic nitrogens is 4. The Labute approximate surface area is 221 Å². The molecule has 3 heterocycles. The van der Waals surface area contributed by atoms with Gasteiger partial charge in [-0.05, 0) is 95.1 Å². The van der Waals surface area contributed by atoms with Gasteiger partial charge in [-0.1, -0.05) is 26.3 Å². The van der Waals surface area contributed by atoms with Crippen LogP contribution in [0.15, 0.2) is 12.7 Å². The van der Waals surface area contributed by atoms with Crippen molar-refractivity contribution in [2.75, 3.05) is 18.4 Å². The summed E-state index contributed by atoms with van der Waals surface area (Å²) in [5, 5.41) is 13.4. The van der Waals surface area contributed by atoms with Gasteiger partial charge in [0, 0.05) is 12.6 Å². The van der Waals surface area contributed by atoms with Gasteiger partial charge in [0.15, 0.2) is 11.5 Å². The second-order valence-electron chi connectivity index (χ2n) is 11.9. The number of likely N-dealkylation sites (tertiary alicyclic amines) is 1. The normalized spacial score (nSPS) is 28.1. The molecule has 0 aromatic carbocycles. The lowest BCUT2D eigenvalue weighted by Gasteiger charge is -2.38. The van der Waals surface area contributed by atoms with Crippen LogP contribution >= 0.6 is 0 Å². The van der Waals surface area contributed by atoms with Crippen molar-refractivity contribution < 1.29 is 9.90 Å². The summed E-state index contributed by atoms with van der Waals surface area (Å²) < 4.78 is 2.38. The van der Waals surface area contributed by atoms with Crippen LogP contribution in [0.4, 0.5) is 5.82 Å². The fourth-order valence-corrected chi connectivity index (χ4v) is 6.66. The first-order valence-electron chi connectivity index (χ1n) is 14.5. The van der Waals surface area contributed by atoms with E-state index in [9.17, 15) is 9.90 Å². The third kappa shape index (κ3) is 5.40. The average molecular weight is 509 g/mol. The highest BCUT2D eigenvalue weighted by Gasteiger charge is 2.34. The summed E-state index contributed by atoms with van der Waals surface area (Å²) in [6.45, 7) is 13.7. The molecule has 2 saturated carbocycles. The molecular weight excluding hydrogens is 464 g/mol. The van der Waals surface area contributed by atoms with E-state index < -0.39 is 5.97 Å². The smallest absolute Gasteiger partial charge is 0.374 e. The number of nitrogens with one attached hydrogen (secondary N) is 1. The lowest BCUT2D eigenvalue weighted by atomic mass is 9.80. The molecule has 0 bridgehead atoms. The Bertz CT molecular complexity index is 1120. The second-order valence-corrected chi connectivity index (χ2v) is 11.9. The molecule has 202 valence electrons. The number of fused-ring (bicyclic) bond motifs is 1. The molecule has 8 heteroatoms. The SMILES string of the molecule is C=CC1CCC(Cn2c(C3CC(C)CCN3CC)nc3nc(C(=O)O)nc(NC(C)C4CCC4)c32)CC1. The van der Waals surface area contributed by atoms with E-state index in [1.807, 2.05) is 0 Å². The molecule has 2 aromatic heterocycles. The van der Waals surface area contributed by atoms with Crippen LogP contribution in [0.3, 0.4) is 0 Å². The third-order valence-corrected chi connectivity index (χ3v) is 9.39. The first-order valence-corrected chi connectivity index (χ1v) is 14.5. The lowest BCUT2D eigenvalue weighted by Crippen LogP contribution is -2.37. The van der Waals surface area contributed by atoms with Crippen molar-refractivity contribution in [3.05, 3.63) is 24.3 Å². The average Bonchev–Trinajstić information content (AvgIpc) is 3.21. The topological polar surface area (TPSA) is 96.2 Å². The van der Waals surface area contributed by atoms with Crippen molar-refractivity contribution in [3.8, 4) is 0 Å². The first-order chi connectivity index (χ1) is 17.9. The van der Waals surface area contributed by atoms with E-state index in [-0.39, 0.29) is 17.9 Å². The fourth-order valence-electron chi connectivity index (χ4n) is 6.66. The molecule has 3 aliphatic rings. The molecule has 1 aliphatic heterocycles. The number of hydrogen-bond donors (Lipinski definition) is 2. The molecular formula is C29H44N6O2. The van der Waals surface area contributed by atoms with Gasteiger partial charge in [0.1, 0.15) is 11.3 Å². The molecule has 0 spiro atoms. The summed E-state index contributed by atoms with van der Waals surface area (Å²) in [7, 11) is 0. The van der Waals surface area contributed by atoms with Crippen LogP contribution in [0.2, 0.25) is 0 Å². The predicted octanol–water partition coefficient (Wildman–Crippen LogP) is 5.91. The summed E-state index contributed by atoms with van der Waals surface area (Å²) in [6.07, 6.45) is 12.7. The third-order valence-electron chi connectivity index (χ3n) is 9.39. The zero-order valence-electron chi connectivity index (χ0n) is 22.8. The number of aromatic carboxylic acids is 1. The van der Waals surface area contributed by atoms with E-state index in [1.54, 1.807) is 0 Å². The largest absolute Gasteiger partial charge is 0.475 e. The maximum Gasteiger partial charge on any atom is 0.374 e. The summed E-state index contributed by atoms with van der Waals surface area (Å²) in [4.78, 5) is 28.7. The lowest BCUT2D eigenvalue weighted by molar-refractivity contribution is 0.0684. The fraction of sp³-hybridized carbons (Fsp3) is 0.724. The zero-order valence-corrected chi connectivity index (χ0v) is 22.8.